The molecule has 0 aliphatic carbocycles. The minimum atomic E-state index is 0.0676. The average Bonchev–Trinajstić information content (AvgIpc) is 2.59. The fraction of sp³-hybridized carbons (Fsp3) is 0.286. The molecule has 1 aromatic carbocycles. The van der Waals surface area contributed by atoms with Crippen molar-refractivity contribution in [3.8, 4) is 0 Å². The van der Waals surface area contributed by atoms with Crippen LogP contribution >= 0.6 is 34.2 Å². The van der Waals surface area contributed by atoms with Crippen molar-refractivity contribution in [2.45, 2.75) is 20.3 Å². The molecular weight excluding hydrogens is 375 g/mol. The van der Waals surface area contributed by atoms with Crippen molar-refractivity contribution in [3.05, 3.63) is 49.3 Å². The molecule has 0 fully saturated rings. The third-order valence-electron chi connectivity index (χ3n) is 3.08. The fourth-order valence-corrected chi connectivity index (χ4v) is 2.87. The van der Waals surface area contributed by atoms with Crippen LogP contribution in [-0.2, 0) is 13.5 Å². The Hall–Kier alpha value is -0.880. The zero-order chi connectivity index (χ0) is 14.2. The largest absolute Gasteiger partial charge is 0.294 e. The summed E-state index contributed by atoms with van der Waals surface area (Å²) in [5.74, 6) is 0.0676. The lowest BCUT2D eigenvalue weighted by atomic mass is 10.0. The second kappa shape index (κ2) is 5.63. The van der Waals surface area contributed by atoms with Gasteiger partial charge in [-0.1, -0.05) is 29.8 Å². The van der Waals surface area contributed by atoms with E-state index < -0.39 is 0 Å². The van der Waals surface area contributed by atoms with Crippen LogP contribution < -0.4 is 0 Å². The Kier molecular flexibility index (Phi) is 4.30. The van der Waals surface area contributed by atoms with Crippen molar-refractivity contribution in [3.63, 3.8) is 0 Å². The number of carbonyl (C=O) groups is 1. The first-order valence-electron chi connectivity index (χ1n) is 5.88. The van der Waals surface area contributed by atoms with Crippen LogP contribution in [0.25, 0.3) is 0 Å². The van der Waals surface area contributed by atoms with E-state index in [1.807, 2.05) is 39.1 Å². The molecule has 2 aromatic rings. The van der Waals surface area contributed by atoms with Gasteiger partial charge in [-0.05, 0) is 42.0 Å². The molecule has 3 nitrogen and oxygen atoms in total. The predicted molar refractivity (Wildman–Crippen MR) is 84.9 cm³/mol. The van der Waals surface area contributed by atoms with Gasteiger partial charge in [-0.3, -0.25) is 9.48 Å². The molecule has 0 radical (unpaired) electrons. The lowest BCUT2D eigenvalue weighted by molar-refractivity contribution is 0.0990. The molecule has 0 unspecified atom stereocenters. The van der Waals surface area contributed by atoms with Gasteiger partial charge in [0, 0.05) is 16.2 Å². The Morgan fingerprint density at radius 3 is 2.68 bits per heavy atom. The first kappa shape index (κ1) is 14.5. The molecule has 0 atom stereocenters. The van der Waals surface area contributed by atoms with Gasteiger partial charge in [-0.15, -0.1) is 0 Å². The maximum atomic E-state index is 12.4. The molecule has 0 bridgehead atoms. The van der Waals surface area contributed by atoms with Crippen LogP contribution in [0.15, 0.2) is 18.2 Å². The number of ketones is 1. The highest BCUT2D eigenvalue weighted by Crippen LogP contribution is 2.23. The molecule has 0 spiro atoms. The number of aromatic nitrogens is 2. The van der Waals surface area contributed by atoms with Gasteiger partial charge in [0.05, 0.1) is 22.8 Å². The Morgan fingerprint density at radius 1 is 1.42 bits per heavy atom. The molecule has 2 rings (SSSR count). The van der Waals surface area contributed by atoms with Gasteiger partial charge in [-0.2, -0.15) is 5.10 Å². The van der Waals surface area contributed by atoms with Crippen molar-refractivity contribution in [2.75, 3.05) is 0 Å². The molecule has 1 aromatic heterocycles. The lowest BCUT2D eigenvalue weighted by Crippen LogP contribution is -2.10. The summed E-state index contributed by atoms with van der Waals surface area (Å²) in [6, 6.07) is 5.76. The summed E-state index contributed by atoms with van der Waals surface area (Å²) in [4.78, 5) is 12.4. The van der Waals surface area contributed by atoms with E-state index in [0.717, 1.165) is 26.1 Å². The summed E-state index contributed by atoms with van der Waals surface area (Å²) < 4.78 is 2.68. The van der Waals surface area contributed by atoms with Gasteiger partial charge >= 0.3 is 0 Å². The van der Waals surface area contributed by atoms with Crippen molar-refractivity contribution in [2.24, 2.45) is 7.05 Å². The van der Waals surface area contributed by atoms with Gasteiger partial charge in [0.2, 0.25) is 0 Å². The van der Waals surface area contributed by atoms with Crippen molar-refractivity contribution in [1.82, 2.24) is 9.78 Å². The lowest BCUT2D eigenvalue weighted by Gasteiger charge is -2.07. The third-order valence-corrected chi connectivity index (χ3v) is 5.01. The van der Waals surface area contributed by atoms with Gasteiger partial charge in [-0.25, -0.2) is 0 Å². The smallest absolute Gasteiger partial charge is 0.169 e. The summed E-state index contributed by atoms with van der Waals surface area (Å²) in [6.07, 6.45) is 0.273. The normalized spacial score (nSPS) is 10.8. The third kappa shape index (κ3) is 2.84. The predicted octanol–water partition coefficient (Wildman–Crippen LogP) is 3.72. The first-order chi connectivity index (χ1) is 8.91. The number of aryl methyl sites for hydroxylation is 3. The number of nitrogens with zero attached hydrogens (tertiary/aromatic N) is 2. The molecule has 0 N–H and O–H groups in total. The molecule has 100 valence electrons. The number of halogens is 2. The standard InChI is InChI=1S/C14H14ClIN2O/c1-8-5-4-6-10(14(8)16)12(19)7-11-13(15)9(2)17-18(11)3/h4-6H,7H2,1-3H3. The molecule has 0 saturated carbocycles. The maximum absolute atomic E-state index is 12.4. The van der Waals surface area contributed by atoms with Crippen LogP contribution in [0.3, 0.4) is 0 Å². The Labute approximate surface area is 131 Å². The van der Waals surface area contributed by atoms with E-state index in [1.54, 1.807) is 4.68 Å². The molecule has 0 saturated heterocycles. The van der Waals surface area contributed by atoms with Gasteiger partial charge in [0.15, 0.2) is 5.78 Å². The number of carbonyl (C=O) groups excluding carboxylic acids is 1. The quantitative estimate of drug-likeness (QED) is 0.593. The molecule has 1 heterocycles. The summed E-state index contributed by atoms with van der Waals surface area (Å²) in [5.41, 5.74) is 3.38. The average molecular weight is 389 g/mol. The van der Waals surface area contributed by atoms with E-state index in [4.69, 9.17) is 11.6 Å². The first-order valence-corrected chi connectivity index (χ1v) is 7.33. The van der Waals surface area contributed by atoms with Gasteiger partial charge < -0.3 is 0 Å². The zero-order valence-electron chi connectivity index (χ0n) is 11.0. The van der Waals surface area contributed by atoms with Crippen LogP contribution in [0.1, 0.15) is 27.3 Å². The van der Waals surface area contributed by atoms with Crippen LogP contribution in [-0.4, -0.2) is 15.6 Å². The van der Waals surface area contributed by atoms with Crippen LogP contribution in [0, 0.1) is 17.4 Å². The number of Topliss-reactive ketones (excluding diaryl/α,β-unsaturated/α-hetero) is 1. The SMILES string of the molecule is Cc1cccc(C(=O)Cc2c(Cl)c(C)nn2C)c1I. The molecule has 0 amide bonds. The van der Waals surface area contributed by atoms with Crippen molar-refractivity contribution >= 4 is 40.0 Å². The van der Waals surface area contributed by atoms with Crippen molar-refractivity contribution in [1.29, 1.82) is 0 Å². The fourth-order valence-electron chi connectivity index (χ4n) is 1.98. The molecule has 5 heteroatoms. The van der Waals surface area contributed by atoms with Crippen LogP contribution in [0.2, 0.25) is 5.02 Å². The highest BCUT2D eigenvalue weighted by atomic mass is 127. The second-order valence-electron chi connectivity index (χ2n) is 4.51. The van der Waals surface area contributed by atoms with E-state index in [9.17, 15) is 4.79 Å². The van der Waals surface area contributed by atoms with Crippen LogP contribution in [0.5, 0.6) is 0 Å². The Balaban J connectivity index is 2.34. The number of rotatable bonds is 3. The van der Waals surface area contributed by atoms with Crippen LogP contribution in [0.4, 0.5) is 0 Å². The maximum Gasteiger partial charge on any atom is 0.169 e. The van der Waals surface area contributed by atoms with E-state index in [-0.39, 0.29) is 12.2 Å². The minimum Gasteiger partial charge on any atom is -0.294 e. The summed E-state index contributed by atoms with van der Waals surface area (Å²) >= 11 is 8.39. The highest BCUT2D eigenvalue weighted by molar-refractivity contribution is 14.1. The Morgan fingerprint density at radius 2 is 2.11 bits per heavy atom. The summed E-state index contributed by atoms with van der Waals surface area (Å²) in [5, 5.41) is 4.81. The molecular formula is C14H14ClIN2O. The van der Waals surface area contributed by atoms with E-state index >= 15 is 0 Å². The van der Waals surface area contributed by atoms with Crippen molar-refractivity contribution < 1.29 is 4.79 Å². The number of hydrogen-bond donors (Lipinski definition) is 0. The number of benzene rings is 1. The minimum absolute atomic E-state index is 0.0676. The molecule has 19 heavy (non-hydrogen) atoms. The van der Waals surface area contributed by atoms with Gasteiger partial charge in [0.1, 0.15) is 0 Å². The summed E-state index contributed by atoms with van der Waals surface area (Å²) in [6.45, 7) is 3.84. The highest BCUT2D eigenvalue weighted by Gasteiger charge is 2.18. The van der Waals surface area contributed by atoms with Gasteiger partial charge in [0.25, 0.3) is 0 Å². The Bertz CT molecular complexity index is 649. The topological polar surface area (TPSA) is 34.9 Å². The van der Waals surface area contributed by atoms with E-state index in [0.29, 0.717) is 5.02 Å². The molecule has 0 aliphatic rings. The second-order valence-corrected chi connectivity index (χ2v) is 5.96. The van der Waals surface area contributed by atoms with E-state index in [1.165, 1.54) is 0 Å². The molecule has 0 aliphatic heterocycles. The van der Waals surface area contributed by atoms with E-state index in [2.05, 4.69) is 27.7 Å². The summed E-state index contributed by atoms with van der Waals surface area (Å²) in [7, 11) is 1.81. The monoisotopic (exact) mass is 388 g/mol. The zero-order valence-corrected chi connectivity index (χ0v) is 13.9. The number of hydrogen-bond acceptors (Lipinski definition) is 2.